The molecular weight excluding hydrogens is 282 g/mol. The highest BCUT2D eigenvalue weighted by molar-refractivity contribution is 5.99. The fourth-order valence-corrected chi connectivity index (χ4v) is 1.87. The number of aromatic nitrogens is 1. The molecule has 0 saturated carbocycles. The van der Waals surface area contributed by atoms with Gasteiger partial charge in [-0.15, -0.1) is 0 Å². The van der Waals surface area contributed by atoms with Gasteiger partial charge in [-0.3, -0.25) is 9.78 Å². The van der Waals surface area contributed by atoms with Crippen molar-refractivity contribution in [3.8, 4) is 22.6 Å². The molecule has 1 aromatic carbocycles. The Morgan fingerprint density at radius 2 is 2.09 bits per heavy atom. The summed E-state index contributed by atoms with van der Waals surface area (Å²) in [6.45, 7) is 0. The second-order valence-corrected chi connectivity index (χ2v) is 4.86. The minimum Gasteiger partial charge on any atom is -0.508 e. The van der Waals surface area contributed by atoms with Gasteiger partial charge < -0.3 is 14.7 Å². The van der Waals surface area contributed by atoms with Gasteiger partial charge in [0.05, 0.1) is 19.0 Å². The molecule has 1 amide bonds. The summed E-state index contributed by atoms with van der Waals surface area (Å²) in [5.74, 6) is 0.307. The zero-order valence-corrected chi connectivity index (χ0v) is 12.6. The van der Waals surface area contributed by atoms with Crippen LogP contribution in [0.5, 0.6) is 11.5 Å². The summed E-state index contributed by atoms with van der Waals surface area (Å²) in [6.07, 6.45) is 4.49. The zero-order valence-electron chi connectivity index (χ0n) is 12.6. The fraction of sp³-hybridized carbons (Fsp3) is 0.188. The molecule has 0 aliphatic carbocycles. The van der Waals surface area contributed by atoms with E-state index in [1.807, 2.05) is 0 Å². The molecule has 0 radical (unpaired) electrons. The molecule has 0 bridgehead atoms. The van der Waals surface area contributed by atoms with Gasteiger partial charge in [0, 0.05) is 37.6 Å². The Kier molecular flexibility index (Phi) is 4.73. The second kappa shape index (κ2) is 6.71. The van der Waals surface area contributed by atoms with Gasteiger partial charge in [0.15, 0.2) is 0 Å². The summed E-state index contributed by atoms with van der Waals surface area (Å²) >= 11 is 0. The van der Waals surface area contributed by atoms with Gasteiger partial charge >= 0.3 is 0 Å². The first kappa shape index (κ1) is 15.5. The predicted molar refractivity (Wildman–Crippen MR) is 84.4 cm³/mol. The number of benzene rings is 1. The number of nitrogens with zero attached hydrogens (tertiary/aromatic N) is 3. The fourth-order valence-electron chi connectivity index (χ4n) is 1.87. The Bertz CT molecular complexity index is 712. The molecule has 22 heavy (non-hydrogen) atoms. The second-order valence-electron chi connectivity index (χ2n) is 4.86. The van der Waals surface area contributed by atoms with Crippen molar-refractivity contribution < 1.29 is 14.6 Å². The Morgan fingerprint density at radius 3 is 2.77 bits per heavy atom. The Morgan fingerprint density at radius 1 is 1.32 bits per heavy atom. The van der Waals surface area contributed by atoms with Crippen LogP contribution in [0.25, 0.3) is 11.1 Å². The maximum atomic E-state index is 12.0. The van der Waals surface area contributed by atoms with Crippen molar-refractivity contribution in [2.75, 3.05) is 21.2 Å². The number of ether oxygens (including phenoxy) is 1. The van der Waals surface area contributed by atoms with Crippen LogP contribution in [0.3, 0.4) is 0 Å². The van der Waals surface area contributed by atoms with Crippen LogP contribution in [0, 0.1) is 0 Å². The average molecular weight is 299 g/mol. The minimum atomic E-state index is -0.387. The van der Waals surface area contributed by atoms with Crippen molar-refractivity contribution >= 4 is 12.2 Å². The first-order valence-corrected chi connectivity index (χ1v) is 6.58. The van der Waals surface area contributed by atoms with Crippen LogP contribution in [0.1, 0.15) is 10.4 Å². The Labute approximate surface area is 128 Å². The largest absolute Gasteiger partial charge is 0.508 e. The van der Waals surface area contributed by atoms with Crippen molar-refractivity contribution in [2.24, 2.45) is 4.99 Å². The lowest BCUT2D eigenvalue weighted by atomic mass is 10.0. The van der Waals surface area contributed by atoms with Crippen LogP contribution >= 0.6 is 0 Å². The molecule has 0 spiro atoms. The van der Waals surface area contributed by atoms with Crippen LogP contribution in [-0.4, -0.2) is 48.4 Å². The van der Waals surface area contributed by atoms with E-state index in [1.165, 1.54) is 18.6 Å². The molecule has 6 nitrogen and oxygen atoms in total. The quantitative estimate of drug-likeness (QED) is 0.692. The van der Waals surface area contributed by atoms with E-state index in [9.17, 15) is 9.90 Å². The maximum absolute atomic E-state index is 12.0. The molecule has 0 saturated heterocycles. The number of pyridine rings is 1. The molecular formula is C16H17N3O3. The van der Waals surface area contributed by atoms with Gasteiger partial charge in [0.1, 0.15) is 11.5 Å². The number of rotatable bonds is 4. The highest BCUT2D eigenvalue weighted by Gasteiger charge is 2.11. The molecule has 0 unspecified atom stereocenters. The maximum Gasteiger partial charge on any atom is 0.279 e. The smallest absolute Gasteiger partial charge is 0.279 e. The van der Waals surface area contributed by atoms with E-state index in [1.54, 1.807) is 50.5 Å². The first-order chi connectivity index (χ1) is 10.5. The summed E-state index contributed by atoms with van der Waals surface area (Å²) in [5, 5.41) is 9.65. The van der Waals surface area contributed by atoms with E-state index in [-0.39, 0.29) is 11.7 Å². The van der Waals surface area contributed by atoms with Crippen LogP contribution in [0.4, 0.5) is 0 Å². The van der Waals surface area contributed by atoms with Gasteiger partial charge in [0.25, 0.3) is 5.91 Å². The van der Waals surface area contributed by atoms with Gasteiger partial charge in [0.2, 0.25) is 0 Å². The summed E-state index contributed by atoms with van der Waals surface area (Å²) in [5.41, 5.74) is 1.68. The molecule has 1 N–H and O–H groups in total. The number of phenolic OH excluding ortho intramolecular Hbond substituents is 1. The summed E-state index contributed by atoms with van der Waals surface area (Å²) in [4.78, 5) is 21.6. The molecule has 6 heteroatoms. The number of carbonyl (C=O) groups is 1. The number of aliphatic imine (C=N–C) groups is 1. The minimum absolute atomic E-state index is 0.109. The Balaban J connectivity index is 2.41. The number of aromatic hydroxyl groups is 1. The number of phenols is 1. The standard InChI is InChI=1S/C16H17N3O3/c1-19(2)10-18-16(21)12-6-11(8-17-9-12)14-7-13(20)4-5-15(14)22-3/h4-10,20H,1-3H3/b18-10+. The SMILES string of the molecule is COc1ccc(O)cc1-c1cncc(C(=O)/N=C/N(C)C)c1. The number of carbonyl (C=O) groups excluding carboxylic acids is 1. The van der Waals surface area contributed by atoms with Crippen molar-refractivity contribution in [1.29, 1.82) is 0 Å². The van der Waals surface area contributed by atoms with E-state index in [0.717, 1.165) is 0 Å². The molecule has 0 aliphatic rings. The molecule has 0 fully saturated rings. The zero-order chi connectivity index (χ0) is 16.1. The van der Waals surface area contributed by atoms with Crippen LogP contribution in [0.15, 0.2) is 41.7 Å². The lowest BCUT2D eigenvalue weighted by Crippen LogP contribution is -2.10. The van der Waals surface area contributed by atoms with Crippen LogP contribution < -0.4 is 4.74 Å². The average Bonchev–Trinajstić information content (AvgIpc) is 2.52. The highest BCUT2D eigenvalue weighted by atomic mass is 16.5. The molecule has 0 aliphatic heterocycles. The third-order valence-electron chi connectivity index (χ3n) is 2.89. The molecule has 1 aromatic heterocycles. The van der Waals surface area contributed by atoms with Crippen molar-refractivity contribution in [3.63, 3.8) is 0 Å². The monoisotopic (exact) mass is 299 g/mol. The van der Waals surface area contributed by atoms with Crippen LogP contribution in [0.2, 0.25) is 0 Å². The molecule has 2 rings (SSSR count). The predicted octanol–water partition coefficient (Wildman–Crippen LogP) is 2.19. The number of methoxy groups -OCH3 is 1. The highest BCUT2D eigenvalue weighted by Crippen LogP contribution is 2.32. The first-order valence-electron chi connectivity index (χ1n) is 6.58. The molecule has 114 valence electrons. The van der Waals surface area contributed by atoms with E-state index < -0.39 is 0 Å². The lowest BCUT2D eigenvalue weighted by Gasteiger charge is -2.09. The van der Waals surface area contributed by atoms with E-state index >= 15 is 0 Å². The van der Waals surface area contributed by atoms with E-state index in [4.69, 9.17) is 4.74 Å². The third-order valence-corrected chi connectivity index (χ3v) is 2.89. The summed E-state index contributed by atoms with van der Waals surface area (Å²) in [6, 6.07) is 6.42. The van der Waals surface area contributed by atoms with Gasteiger partial charge in [-0.2, -0.15) is 4.99 Å². The van der Waals surface area contributed by atoms with Crippen LogP contribution in [-0.2, 0) is 0 Å². The normalized spacial score (nSPS) is 10.7. The van der Waals surface area contributed by atoms with Crippen molar-refractivity contribution in [2.45, 2.75) is 0 Å². The molecule has 0 atom stereocenters. The molecule has 1 heterocycles. The topological polar surface area (TPSA) is 75.0 Å². The number of amides is 1. The lowest BCUT2D eigenvalue weighted by molar-refractivity contribution is 0.100. The van der Waals surface area contributed by atoms with E-state index in [2.05, 4.69) is 9.98 Å². The number of hydrogen-bond donors (Lipinski definition) is 1. The van der Waals surface area contributed by atoms with Crippen molar-refractivity contribution in [3.05, 3.63) is 42.2 Å². The summed E-state index contributed by atoms with van der Waals surface area (Å²) < 4.78 is 5.27. The van der Waals surface area contributed by atoms with E-state index in [0.29, 0.717) is 22.4 Å². The van der Waals surface area contributed by atoms with Gasteiger partial charge in [-0.25, -0.2) is 0 Å². The Hall–Kier alpha value is -2.89. The molecule has 2 aromatic rings. The third kappa shape index (κ3) is 3.60. The summed E-state index contributed by atoms with van der Waals surface area (Å²) in [7, 11) is 5.10. The number of hydrogen-bond acceptors (Lipinski definition) is 4. The van der Waals surface area contributed by atoms with Gasteiger partial charge in [-0.05, 0) is 24.3 Å². The van der Waals surface area contributed by atoms with Crippen molar-refractivity contribution in [1.82, 2.24) is 9.88 Å². The van der Waals surface area contributed by atoms with Gasteiger partial charge in [-0.1, -0.05) is 0 Å².